The van der Waals surface area contributed by atoms with Crippen molar-refractivity contribution < 1.29 is 14.3 Å². The predicted octanol–water partition coefficient (Wildman–Crippen LogP) is 0.371. The van der Waals surface area contributed by atoms with Gasteiger partial charge < -0.3 is 9.47 Å². The topological polar surface area (TPSA) is 86.9 Å². The van der Waals surface area contributed by atoms with Crippen LogP contribution < -0.4 is 10.2 Å². The largest absolute Gasteiger partial charge is 0.478 e. The molecular formula is C15H18N4O3. The molecule has 0 unspecified atom stereocenters. The van der Waals surface area contributed by atoms with Gasteiger partial charge in [-0.15, -0.1) is 0 Å². The lowest BCUT2D eigenvalue weighted by Crippen LogP contribution is -2.42. The Morgan fingerprint density at radius 1 is 1.45 bits per heavy atom. The Balaban J connectivity index is 1.84. The molecule has 22 heavy (non-hydrogen) atoms. The van der Waals surface area contributed by atoms with Crippen LogP contribution in [0.25, 0.3) is 0 Å². The van der Waals surface area contributed by atoms with Gasteiger partial charge in [0.2, 0.25) is 0 Å². The van der Waals surface area contributed by atoms with Gasteiger partial charge in [-0.3, -0.25) is 9.69 Å². The molecule has 1 fully saturated rings. The number of hydrogen-bond donors (Lipinski definition) is 1. The van der Waals surface area contributed by atoms with Crippen molar-refractivity contribution in [1.82, 2.24) is 10.3 Å². The third kappa shape index (κ3) is 5.16. The Kier molecular flexibility index (Phi) is 6.36. The number of amides is 1. The van der Waals surface area contributed by atoms with Crippen LogP contribution >= 0.6 is 0 Å². The Bertz CT molecular complexity index is 562. The van der Waals surface area contributed by atoms with E-state index in [0.717, 1.165) is 13.1 Å². The van der Waals surface area contributed by atoms with Gasteiger partial charge in [-0.2, -0.15) is 10.4 Å². The first kappa shape index (κ1) is 15.9. The number of hydrogen-bond acceptors (Lipinski definition) is 6. The van der Waals surface area contributed by atoms with Crippen LogP contribution in [-0.4, -0.2) is 56.5 Å². The molecule has 7 heteroatoms. The van der Waals surface area contributed by atoms with Gasteiger partial charge in [-0.1, -0.05) is 12.1 Å². The molecule has 1 aromatic carbocycles. The number of nitriles is 1. The number of rotatable bonds is 6. The van der Waals surface area contributed by atoms with Crippen molar-refractivity contribution in [3.63, 3.8) is 0 Å². The maximum absolute atomic E-state index is 11.8. The zero-order chi connectivity index (χ0) is 15.6. The van der Waals surface area contributed by atoms with E-state index in [1.165, 1.54) is 6.21 Å². The van der Waals surface area contributed by atoms with Crippen LogP contribution in [0.3, 0.4) is 0 Å². The van der Waals surface area contributed by atoms with E-state index in [4.69, 9.17) is 14.7 Å². The molecule has 0 radical (unpaired) electrons. The molecule has 0 saturated carbocycles. The SMILES string of the molecule is N#CCOc1ccccc1/C=N\NC(=O)CN1CCOCC1. The summed E-state index contributed by atoms with van der Waals surface area (Å²) in [4.78, 5) is 13.8. The number of benzene rings is 1. The van der Waals surface area contributed by atoms with E-state index in [1.54, 1.807) is 18.2 Å². The van der Waals surface area contributed by atoms with Crippen molar-refractivity contribution in [2.45, 2.75) is 0 Å². The summed E-state index contributed by atoms with van der Waals surface area (Å²) < 4.78 is 10.5. The average molecular weight is 302 g/mol. The van der Waals surface area contributed by atoms with Gasteiger partial charge in [-0.25, -0.2) is 5.43 Å². The van der Waals surface area contributed by atoms with Crippen molar-refractivity contribution in [3.05, 3.63) is 29.8 Å². The lowest BCUT2D eigenvalue weighted by Gasteiger charge is -2.25. The van der Waals surface area contributed by atoms with Crippen LogP contribution in [0.4, 0.5) is 0 Å². The molecule has 0 aliphatic carbocycles. The molecule has 1 N–H and O–H groups in total. The Hall–Kier alpha value is -2.43. The van der Waals surface area contributed by atoms with Crippen molar-refractivity contribution >= 4 is 12.1 Å². The first-order valence-corrected chi connectivity index (χ1v) is 7.00. The van der Waals surface area contributed by atoms with Crippen LogP contribution in [-0.2, 0) is 9.53 Å². The molecule has 2 rings (SSSR count). The van der Waals surface area contributed by atoms with E-state index in [-0.39, 0.29) is 12.5 Å². The lowest BCUT2D eigenvalue weighted by molar-refractivity contribution is -0.123. The standard InChI is InChI=1S/C15H18N4O3/c16-5-8-22-14-4-2-1-3-13(14)11-17-18-15(20)12-19-6-9-21-10-7-19/h1-4,11H,6-10,12H2,(H,18,20)/b17-11-. The van der Waals surface area contributed by atoms with Gasteiger partial charge in [-0.05, 0) is 12.1 Å². The number of carbonyl (C=O) groups is 1. The van der Waals surface area contributed by atoms with Crippen molar-refractivity contribution in [2.24, 2.45) is 5.10 Å². The highest BCUT2D eigenvalue weighted by Gasteiger charge is 2.13. The number of hydrazone groups is 1. The third-order valence-corrected chi connectivity index (χ3v) is 3.08. The van der Waals surface area contributed by atoms with E-state index in [1.807, 2.05) is 17.0 Å². The lowest BCUT2D eigenvalue weighted by atomic mass is 10.2. The second-order valence-corrected chi connectivity index (χ2v) is 4.67. The highest BCUT2D eigenvalue weighted by molar-refractivity contribution is 5.85. The Morgan fingerprint density at radius 2 is 2.23 bits per heavy atom. The number of morpholine rings is 1. The molecule has 0 spiro atoms. The zero-order valence-electron chi connectivity index (χ0n) is 12.2. The minimum atomic E-state index is -0.173. The van der Waals surface area contributed by atoms with Crippen molar-refractivity contribution in [2.75, 3.05) is 39.5 Å². The molecule has 1 amide bonds. The van der Waals surface area contributed by atoms with Crippen molar-refractivity contribution in [3.8, 4) is 11.8 Å². The average Bonchev–Trinajstić information content (AvgIpc) is 2.55. The highest BCUT2D eigenvalue weighted by atomic mass is 16.5. The van der Waals surface area contributed by atoms with E-state index >= 15 is 0 Å². The fraction of sp³-hybridized carbons (Fsp3) is 0.400. The summed E-state index contributed by atoms with van der Waals surface area (Å²) in [5.74, 6) is 0.379. The smallest absolute Gasteiger partial charge is 0.254 e. The summed E-state index contributed by atoms with van der Waals surface area (Å²) in [7, 11) is 0. The first-order chi connectivity index (χ1) is 10.8. The predicted molar refractivity (Wildman–Crippen MR) is 80.5 cm³/mol. The summed E-state index contributed by atoms with van der Waals surface area (Å²) in [5, 5.41) is 12.5. The van der Waals surface area contributed by atoms with Crippen LogP contribution in [0.1, 0.15) is 5.56 Å². The third-order valence-electron chi connectivity index (χ3n) is 3.08. The second-order valence-electron chi connectivity index (χ2n) is 4.67. The van der Waals surface area contributed by atoms with E-state index in [9.17, 15) is 4.79 Å². The fourth-order valence-corrected chi connectivity index (χ4v) is 2.00. The van der Waals surface area contributed by atoms with Crippen LogP contribution in [0.15, 0.2) is 29.4 Å². The summed E-state index contributed by atoms with van der Waals surface area (Å²) >= 11 is 0. The summed E-state index contributed by atoms with van der Waals surface area (Å²) in [5.41, 5.74) is 3.19. The molecule has 0 atom stereocenters. The first-order valence-electron chi connectivity index (χ1n) is 7.00. The van der Waals surface area contributed by atoms with Crippen LogP contribution in [0, 0.1) is 11.3 Å². The fourth-order valence-electron chi connectivity index (χ4n) is 2.00. The molecule has 1 aromatic rings. The molecule has 0 aromatic heterocycles. The summed E-state index contributed by atoms with van der Waals surface area (Å²) in [6, 6.07) is 9.09. The van der Waals surface area contributed by atoms with Gasteiger partial charge in [0.15, 0.2) is 6.61 Å². The number of para-hydroxylation sites is 1. The minimum Gasteiger partial charge on any atom is -0.478 e. The molecule has 116 valence electrons. The zero-order valence-corrected chi connectivity index (χ0v) is 12.2. The monoisotopic (exact) mass is 302 g/mol. The van der Waals surface area contributed by atoms with E-state index in [2.05, 4.69) is 10.5 Å². The van der Waals surface area contributed by atoms with Crippen LogP contribution in [0.2, 0.25) is 0 Å². The number of carbonyl (C=O) groups excluding carboxylic acids is 1. The van der Waals surface area contributed by atoms with E-state index in [0.29, 0.717) is 31.1 Å². The van der Waals surface area contributed by atoms with Gasteiger partial charge in [0.25, 0.3) is 5.91 Å². The molecule has 0 bridgehead atoms. The van der Waals surface area contributed by atoms with Gasteiger partial charge in [0.05, 0.1) is 26.0 Å². The Labute approximate surface area is 129 Å². The molecular weight excluding hydrogens is 284 g/mol. The Morgan fingerprint density at radius 3 is 3.00 bits per heavy atom. The normalized spacial score (nSPS) is 15.4. The number of ether oxygens (including phenoxy) is 2. The highest BCUT2D eigenvalue weighted by Crippen LogP contribution is 2.15. The molecule has 1 aliphatic rings. The van der Waals surface area contributed by atoms with Gasteiger partial charge >= 0.3 is 0 Å². The van der Waals surface area contributed by atoms with Gasteiger partial charge in [0.1, 0.15) is 11.8 Å². The molecule has 1 heterocycles. The summed E-state index contributed by atoms with van der Waals surface area (Å²) in [6.07, 6.45) is 1.50. The van der Waals surface area contributed by atoms with Gasteiger partial charge in [0, 0.05) is 18.7 Å². The number of nitrogens with zero attached hydrogens (tertiary/aromatic N) is 3. The molecule has 1 saturated heterocycles. The van der Waals surface area contributed by atoms with Crippen molar-refractivity contribution in [1.29, 1.82) is 5.26 Å². The maximum Gasteiger partial charge on any atom is 0.254 e. The van der Waals surface area contributed by atoms with Crippen LogP contribution in [0.5, 0.6) is 5.75 Å². The minimum absolute atomic E-state index is 0.0335. The summed E-state index contributed by atoms with van der Waals surface area (Å²) in [6.45, 7) is 3.08. The molecule has 1 aliphatic heterocycles. The molecule has 7 nitrogen and oxygen atoms in total. The maximum atomic E-state index is 11.8. The quantitative estimate of drug-likeness (QED) is 0.606. The second kappa shape index (κ2) is 8.77. The van der Waals surface area contributed by atoms with E-state index < -0.39 is 0 Å². The number of nitrogens with one attached hydrogen (secondary N) is 1.